The van der Waals surface area contributed by atoms with Crippen LogP contribution in [0.4, 0.5) is 0 Å². The standard InChI is InChI=1S/C17H21N7O/c1-13(22-17(25)7-5-9-23-12-18-11-21-23)15-10-20-24(14(15)2)16-6-3-4-8-19-16/h3-4,6,8,10-13H,5,7,9H2,1-2H3,(H,22,25). The molecule has 0 aromatic carbocycles. The Labute approximate surface area is 145 Å². The first kappa shape index (κ1) is 16.8. The van der Waals surface area contributed by atoms with Gasteiger partial charge < -0.3 is 5.32 Å². The summed E-state index contributed by atoms with van der Waals surface area (Å²) in [5, 5.41) is 11.4. The maximum absolute atomic E-state index is 12.1. The van der Waals surface area contributed by atoms with Crippen molar-refractivity contribution in [1.82, 2.24) is 34.8 Å². The third kappa shape index (κ3) is 4.09. The zero-order valence-electron chi connectivity index (χ0n) is 14.3. The number of aromatic nitrogens is 6. The van der Waals surface area contributed by atoms with Gasteiger partial charge in [0.15, 0.2) is 5.82 Å². The van der Waals surface area contributed by atoms with E-state index in [0.717, 1.165) is 17.1 Å². The third-order valence-corrected chi connectivity index (χ3v) is 4.02. The van der Waals surface area contributed by atoms with Crippen LogP contribution >= 0.6 is 0 Å². The monoisotopic (exact) mass is 339 g/mol. The Balaban J connectivity index is 1.57. The number of nitrogens with zero attached hydrogens (tertiary/aromatic N) is 6. The molecule has 0 aliphatic heterocycles. The van der Waals surface area contributed by atoms with Crippen LogP contribution in [0.5, 0.6) is 0 Å². The predicted molar refractivity (Wildman–Crippen MR) is 91.9 cm³/mol. The Morgan fingerprint density at radius 2 is 2.20 bits per heavy atom. The van der Waals surface area contributed by atoms with Gasteiger partial charge in [-0.25, -0.2) is 14.6 Å². The fourth-order valence-electron chi connectivity index (χ4n) is 2.70. The molecule has 8 nitrogen and oxygen atoms in total. The van der Waals surface area contributed by atoms with Gasteiger partial charge in [0.25, 0.3) is 0 Å². The van der Waals surface area contributed by atoms with Crippen molar-refractivity contribution in [3.63, 3.8) is 0 Å². The maximum atomic E-state index is 12.1. The van der Waals surface area contributed by atoms with E-state index < -0.39 is 0 Å². The lowest BCUT2D eigenvalue weighted by atomic mass is 10.1. The highest BCUT2D eigenvalue weighted by molar-refractivity contribution is 5.76. The fraction of sp³-hybridized carbons (Fsp3) is 0.353. The molecule has 1 N–H and O–H groups in total. The van der Waals surface area contributed by atoms with Gasteiger partial charge in [-0.2, -0.15) is 10.2 Å². The van der Waals surface area contributed by atoms with Crippen LogP contribution < -0.4 is 5.32 Å². The van der Waals surface area contributed by atoms with Crippen molar-refractivity contribution in [2.24, 2.45) is 0 Å². The molecule has 0 aliphatic rings. The number of rotatable bonds is 7. The average molecular weight is 339 g/mol. The largest absolute Gasteiger partial charge is 0.349 e. The number of amides is 1. The maximum Gasteiger partial charge on any atom is 0.220 e. The average Bonchev–Trinajstić information content (AvgIpc) is 3.25. The minimum atomic E-state index is -0.115. The molecule has 0 spiro atoms. The zero-order chi connectivity index (χ0) is 17.6. The predicted octanol–water partition coefficient (Wildman–Crippen LogP) is 1.82. The molecular weight excluding hydrogens is 318 g/mol. The minimum Gasteiger partial charge on any atom is -0.349 e. The lowest BCUT2D eigenvalue weighted by Crippen LogP contribution is -2.27. The van der Waals surface area contributed by atoms with E-state index >= 15 is 0 Å². The summed E-state index contributed by atoms with van der Waals surface area (Å²) in [6.45, 7) is 4.62. The van der Waals surface area contributed by atoms with Crippen molar-refractivity contribution in [2.45, 2.75) is 39.3 Å². The molecule has 0 bridgehead atoms. The topological polar surface area (TPSA) is 90.5 Å². The van der Waals surface area contributed by atoms with Gasteiger partial charge in [-0.3, -0.25) is 9.48 Å². The SMILES string of the molecule is Cc1c(C(C)NC(=O)CCCn2cncn2)cnn1-c1ccccn1. The van der Waals surface area contributed by atoms with E-state index in [1.807, 2.05) is 32.0 Å². The van der Waals surface area contributed by atoms with Crippen LogP contribution in [-0.2, 0) is 11.3 Å². The van der Waals surface area contributed by atoms with Crippen LogP contribution in [0.15, 0.2) is 43.2 Å². The molecule has 0 radical (unpaired) electrons. The number of pyridine rings is 1. The smallest absolute Gasteiger partial charge is 0.220 e. The molecule has 3 heterocycles. The van der Waals surface area contributed by atoms with Crippen molar-refractivity contribution >= 4 is 5.91 Å². The first-order valence-corrected chi connectivity index (χ1v) is 8.23. The number of hydrogen-bond donors (Lipinski definition) is 1. The van der Waals surface area contributed by atoms with Gasteiger partial charge in [-0.05, 0) is 32.4 Å². The molecule has 8 heteroatoms. The number of aryl methyl sites for hydroxylation is 1. The summed E-state index contributed by atoms with van der Waals surface area (Å²) in [7, 11) is 0. The molecule has 0 saturated heterocycles. The van der Waals surface area contributed by atoms with Gasteiger partial charge in [0.05, 0.1) is 12.2 Å². The molecule has 3 rings (SSSR count). The molecule has 0 saturated carbocycles. The van der Waals surface area contributed by atoms with Crippen molar-refractivity contribution < 1.29 is 4.79 Å². The molecule has 3 aromatic rings. The van der Waals surface area contributed by atoms with E-state index in [1.165, 1.54) is 6.33 Å². The molecule has 1 amide bonds. The Morgan fingerprint density at radius 3 is 2.92 bits per heavy atom. The summed E-state index contributed by atoms with van der Waals surface area (Å²) in [6.07, 6.45) is 7.81. The van der Waals surface area contributed by atoms with E-state index in [-0.39, 0.29) is 11.9 Å². The minimum absolute atomic E-state index is 0.0117. The van der Waals surface area contributed by atoms with Crippen molar-refractivity contribution in [2.75, 3.05) is 0 Å². The first-order chi connectivity index (χ1) is 12.1. The van der Waals surface area contributed by atoms with Crippen LogP contribution in [0.1, 0.15) is 37.1 Å². The van der Waals surface area contributed by atoms with Gasteiger partial charge >= 0.3 is 0 Å². The van der Waals surface area contributed by atoms with E-state index in [1.54, 1.807) is 28.1 Å². The molecule has 130 valence electrons. The lowest BCUT2D eigenvalue weighted by Gasteiger charge is -2.14. The quantitative estimate of drug-likeness (QED) is 0.709. The molecular formula is C17H21N7O. The van der Waals surface area contributed by atoms with E-state index in [0.29, 0.717) is 19.4 Å². The van der Waals surface area contributed by atoms with Gasteiger partial charge in [0.1, 0.15) is 12.7 Å². The first-order valence-electron chi connectivity index (χ1n) is 8.23. The summed E-state index contributed by atoms with van der Waals surface area (Å²) in [4.78, 5) is 20.3. The van der Waals surface area contributed by atoms with Crippen LogP contribution in [-0.4, -0.2) is 35.4 Å². The van der Waals surface area contributed by atoms with Crippen LogP contribution in [0.25, 0.3) is 5.82 Å². The number of hydrogen-bond acceptors (Lipinski definition) is 5. The summed E-state index contributed by atoms with van der Waals surface area (Å²) in [6, 6.07) is 5.57. The van der Waals surface area contributed by atoms with Gasteiger partial charge in [-0.1, -0.05) is 6.07 Å². The summed E-state index contributed by atoms with van der Waals surface area (Å²) < 4.78 is 3.50. The molecule has 3 aromatic heterocycles. The Morgan fingerprint density at radius 1 is 1.32 bits per heavy atom. The highest BCUT2D eigenvalue weighted by atomic mass is 16.1. The second-order valence-electron chi connectivity index (χ2n) is 5.84. The third-order valence-electron chi connectivity index (χ3n) is 4.02. The van der Waals surface area contributed by atoms with E-state index in [2.05, 4.69) is 25.5 Å². The Bertz CT molecular complexity index is 811. The Hall–Kier alpha value is -3.03. The number of carbonyl (C=O) groups is 1. The van der Waals surface area contributed by atoms with Crippen LogP contribution in [0, 0.1) is 6.92 Å². The molecule has 0 aliphatic carbocycles. The highest BCUT2D eigenvalue weighted by Gasteiger charge is 2.16. The van der Waals surface area contributed by atoms with Gasteiger partial charge in [-0.15, -0.1) is 0 Å². The normalized spacial score (nSPS) is 12.1. The fourth-order valence-corrected chi connectivity index (χ4v) is 2.70. The van der Waals surface area contributed by atoms with Crippen molar-refractivity contribution in [3.05, 3.63) is 54.5 Å². The molecule has 1 atom stereocenters. The van der Waals surface area contributed by atoms with E-state index in [4.69, 9.17) is 0 Å². The summed E-state index contributed by atoms with van der Waals surface area (Å²) >= 11 is 0. The van der Waals surface area contributed by atoms with Crippen LogP contribution in [0.2, 0.25) is 0 Å². The molecule has 1 unspecified atom stereocenters. The highest BCUT2D eigenvalue weighted by Crippen LogP contribution is 2.19. The lowest BCUT2D eigenvalue weighted by molar-refractivity contribution is -0.121. The second kappa shape index (κ2) is 7.69. The van der Waals surface area contributed by atoms with Gasteiger partial charge in [0, 0.05) is 30.4 Å². The second-order valence-corrected chi connectivity index (χ2v) is 5.84. The number of carbonyl (C=O) groups excluding carboxylic acids is 1. The summed E-state index contributed by atoms with van der Waals surface area (Å²) in [5.74, 6) is 0.773. The van der Waals surface area contributed by atoms with Crippen molar-refractivity contribution in [3.8, 4) is 5.82 Å². The molecule has 0 fully saturated rings. The summed E-state index contributed by atoms with van der Waals surface area (Å²) in [5.41, 5.74) is 1.95. The van der Waals surface area contributed by atoms with Crippen LogP contribution in [0.3, 0.4) is 0 Å². The van der Waals surface area contributed by atoms with E-state index in [9.17, 15) is 4.79 Å². The molecule has 25 heavy (non-hydrogen) atoms. The Kier molecular flexibility index (Phi) is 5.17. The van der Waals surface area contributed by atoms with Gasteiger partial charge in [0.2, 0.25) is 5.91 Å². The number of nitrogens with one attached hydrogen (secondary N) is 1. The zero-order valence-corrected chi connectivity index (χ0v) is 14.3. The van der Waals surface area contributed by atoms with Crippen molar-refractivity contribution in [1.29, 1.82) is 0 Å².